The second-order valence-electron chi connectivity index (χ2n) is 3.98. The Morgan fingerprint density at radius 3 is 3.14 bits per heavy atom. The molecule has 5 heteroatoms. The van der Waals surface area contributed by atoms with Crippen LogP contribution >= 0.6 is 0 Å². The van der Waals surface area contributed by atoms with E-state index in [1.54, 1.807) is 6.20 Å². The van der Waals surface area contributed by atoms with E-state index in [9.17, 15) is 4.79 Å². The highest BCUT2D eigenvalue weighted by molar-refractivity contribution is 5.92. The van der Waals surface area contributed by atoms with Gasteiger partial charge in [0.15, 0.2) is 0 Å². The first kappa shape index (κ1) is 7.99. The number of nitrogens with one attached hydrogen (secondary N) is 3. The predicted molar refractivity (Wildman–Crippen MR) is 49.7 cm³/mol. The molecule has 0 spiro atoms. The summed E-state index contributed by atoms with van der Waals surface area (Å²) in [4.78, 5) is 18.2. The fourth-order valence-corrected chi connectivity index (χ4v) is 2.30. The third-order valence-corrected chi connectivity index (χ3v) is 3.18. The Labute approximate surface area is 81.3 Å². The second kappa shape index (κ2) is 2.81. The van der Waals surface area contributed by atoms with Crippen molar-refractivity contribution in [3.8, 4) is 0 Å². The Balaban J connectivity index is 1.66. The molecular weight excluding hydrogens is 180 g/mol. The Kier molecular flexibility index (Phi) is 1.61. The maximum Gasteiger partial charge on any atom is 0.269 e. The van der Waals surface area contributed by atoms with Crippen LogP contribution in [0.2, 0.25) is 0 Å². The molecule has 4 rings (SSSR count). The molecular formula is C9H12N4O. The van der Waals surface area contributed by atoms with Crippen LogP contribution in [0.4, 0.5) is 0 Å². The summed E-state index contributed by atoms with van der Waals surface area (Å²) in [6.07, 6.45) is 4.26. The summed E-state index contributed by atoms with van der Waals surface area (Å²) in [6.45, 7) is 1.04. The standard InChI is InChI=1S/C9H12N4O/c14-9(7-3-10-4-12-7)13-8-5-1-6(8)11-2-5/h3-6,8,11H,1-2H2,(H,10,12)(H,13,14). The molecule has 1 aliphatic carbocycles. The van der Waals surface area contributed by atoms with E-state index in [1.165, 1.54) is 12.7 Å². The Bertz CT molecular complexity index is 334. The lowest BCUT2D eigenvalue weighted by molar-refractivity contribution is 0.0887. The minimum Gasteiger partial charge on any atom is -0.346 e. The van der Waals surface area contributed by atoms with Crippen molar-refractivity contribution in [2.45, 2.75) is 18.5 Å². The molecule has 3 heterocycles. The molecule has 2 aliphatic heterocycles. The monoisotopic (exact) mass is 192 g/mol. The number of aromatic amines is 1. The first-order valence-electron chi connectivity index (χ1n) is 4.87. The lowest BCUT2D eigenvalue weighted by Gasteiger charge is -2.34. The molecule has 1 amide bonds. The van der Waals surface area contributed by atoms with Crippen molar-refractivity contribution >= 4 is 5.91 Å². The number of carbonyl (C=O) groups is 1. The van der Waals surface area contributed by atoms with Crippen molar-refractivity contribution in [1.82, 2.24) is 20.6 Å². The topological polar surface area (TPSA) is 69.8 Å². The van der Waals surface area contributed by atoms with E-state index in [1.807, 2.05) is 0 Å². The molecule has 3 aliphatic rings. The van der Waals surface area contributed by atoms with Gasteiger partial charge in [-0.3, -0.25) is 4.79 Å². The third kappa shape index (κ3) is 1.05. The highest BCUT2D eigenvalue weighted by Crippen LogP contribution is 2.33. The van der Waals surface area contributed by atoms with Crippen LogP contribution < -0.4 is 10.6 Å². The van der Waals surface area contributed by atoms with Gasteiger partial charge in [-0.1, -0.05) is 0 Å². The molecule has 3 atom stereocenters. The zero-order chi connectivity index (χ0) is 9.54. The van der Waals surface area contributed by atoms with E-state index in [0.29, 0.717) is 23.7 Å². The summed E-state index contributed by atoms with van der Waals surface area (Å²) in [6, 6.07) is 0.817. The number of carbonyl (C=O) groups excluding carboxylic acids is 1. The minimum absolute atomic E-state index is 0.0501. The maximum absolute atomic E-state index is 11.6. The van der Waals surface area contributed by atoms with E-state index in [2.05, 4.69) is 20.6 Å². The molecule has 2 saturated heterocycles. The van der Waals surface area contributed by atoms with Crippen LogP contribution in [0.1, 0.15) is 16.9 Å². The molecule has 1 saturated carbocycles. The first-order chi connectivity index (χ1) is 6.84. The van der Waals surface area contributed by atoms with Crippen LogP contribution in [0.3, 0.4) is 0 Å². The number of amides is 1. The zero-order valence-corrected chi connectivity index (χ0v) is 7.66. The molecule has 2 bridgehead atoms. The number of H-pyrrole nitrogens is 1. The molecule has 14 heavy (non-hydrogen) atoms. The van der Waals surface area contributed by atoms with Crippen molar-refractivity contribution in [3.63, 3.8) is 0 Å². The number of imidazole rings is 1. The van der Waals surface area contributed by atoms with Gasteiger partial charge in [-0.25, -0.2) is 4.98 Å². The van der Waals surface area contributed by atoms with Crippen LogP contribution in [0, 0.1) is 5.92 Å². The van der Waals surface area contributed by atoms with Crippen LogP contribution in [-0.2, 0) is 0 Å². The van der Waals surface area contributed by atoms with Gasteiger partial charge in [-0.15, -0.1) is 0 Å². The summed E-state index contributed by atoms with van der Waals surface area (Å²) in [5.74, 6) is 0.581. The van der Waals surface area contributed by atoms with Crippen molar-refractivity contribution in [3.05, 3.63) is 18.2 Å². The lowest BCUT2D eigenvalue weighted by atomic mass is 9.80. The molecule has 1 aromatic heterocycles. The zero-order valence-electron chi connectivity index (χ0n) is 7.66. The number of hydrogen-bond acceptors (Lipinski definition) is 3. The average molecular weight is 192 g/mol. The van der Waals surface area contributed by atoms with Gasteiger partial charge in [0.05, 0.1) is 12.5 Å². The summed E-state index contributed by atoms with van der Waals surface area (Å²) in [5.41, 5.74) is 0.538. The molecule has 0 aromatic carbocycles. The van der Waals surface area contributed by atoms with Gasteiger partial charge in [0.2, 0.25) is 0 Å². The molecule has 3 N–H and O–H groups in total. The highest BCUT2D eigenvalue weighted by atomic mass is 16.2. The number of nitrogens with zero attached hydrogens (tertiary/aromatic N) is 1. The van der Waals surface area contributed by atoms with E-state index in [-0.39, 0.29) is 5.91 Å². The van der Waals surface area contributed by atoms with Crippen molar-refractivity contribution in [1.29, 1.82) is 0 Å². The van der Waals surface area contributed by atoms with E-state index in [4.69, 9.17) is 0 Å². The number of aromatic nitrogens is 2. The number of rotatable bonds is 2. The maximum atomic E-state index is 11.6. The molecule has 5 nitrogen and oxygen atoms in total. The highest BCUT2D eigenvalue weighted by Gasteiger charge is 2.47. The van der Waals surface area contributed by atoms with Crippen molar-refractivity contribution in [2.24, 2.45) is 5.92 Å². The Morgan fingerprint density at radius 2 is 2.57 bits per heavy atom. The third-order valence-electron chi connectivity index (χ3n) is 3.18. The number of fused-ring (bicyclic) bond motifs is 1. The molecule has 74 valence electrons. The summed E-state index contributed by atoms with van der Waals surface area (Å²) in [5, 5.41) is 6.36. The van der Waals surface area contributed by atoms with Gasteiger partial charge < -0.3 is 15.6 Å². The van der Waals surface area contributed by atoms with Crippen molar-refractivity contribution in [2.75, 3.05) is 6.54 Å². The molecule has 3 unspecified atom stereocenters. The van der Waals surface area contributed by atoms with Crippen LogP contribution in [0.5, 0.6) is 0 Å². The summed E-state index contributed by atoms with van der Waals surface area (Å²) in [7, 11) is 0. The molecule has 3 fully saturated rings. The van der Waals surface area contributed by atoms with Gasteiger partial charge in [0.25, 0.3) is 5.91 Å². The second-order valence-corrected chi connectivity index (χ2v) is 3.98. The fourth-order valence-electron chi connectivity index (χ4n) is 2.30. The van der Waals surface area contributed by atoms with Gasteiger partial charge in [-0.05, 0) is 12.3 Å². The van der Waals surface area contributed by atoms with Crippen LogP contribution in [-0.4, -0.2) is 34.5 Å². The minimum atomic E-state index is -0.0501. The predicted octanol–water partition coefficient (Wildman–Crippen LogP) is -0.500. The summed E-state index contributed by atoms with van der Waals surface area (Å²) >= 11 is 0. The van der Waals surface area contributed by atoms with Gasteiger partial charge in [-0.2, -0.15) is 0 Å². The van der Waals surface area contributed by atoms with E-state index < -0.39 is 0 Å². The fraction of sp³-hybridized carbons (Fsp3) is 0.556. The normalized spacial score (nSPS) is 33.9. The van der Waals surface area contributed by atoms with Crippen LogP contribution in [0.25, 0.3) is 0 Å². The lowest BCUT2D eigenvalue weighted by Crippen LogP contribution is -2.54. The van der Waals surface area contributed by atoms with Crippen LogP contribution in [0.15, 0.2) is 12.5 Å². The molecule has 1 aromatic rings. The number of hydrogen-bond donors (Lipinski definition) is 3. The Morgan fingerprint density at radius 1 is 1.64 bits per heavy atom. The van der Waals surface area contributed by atoms with Gasteiger partial charge in [0, 0.05) is 18.6 Å². The molecule has 0 radical (unpaired) electrons. The quantitative estimate of drug-likeness (QED) is 0.591. The van der Waals surface area contributed by atoms with Gasteiger partial charge >= 0.3 is 0 Å². The van der Waals surface area contributed by atoms with E-state index in [0.717, 1.165) is 6.54 Å². The Hall–Kier alpha value is -1.36. The van der Waals surface area contributed by atoms with Crippen molar-refractivity contribution < 1.29 is 4.79 Å². The van der Waals surface area contributed by atoms with Gasteiger partial charge in [0.1, 0.15) is 5.69 Å². The van der Waals surface area contributed by atoms with E-state index >= 15 is 0 Å². The smallest absolute Gasteiger partial charge is 0.269 e. The summed E-state index contributed by atoms with van der Waals surface area (Å²) < 4.78 is 0. The first-order valence-corrected chi connectivity index (χ1v) is 4.87. The average Bonchev–Trinajstić information content (AvgIpc) is 2.85. The SMILES string of the molecule is O=C(NC1C2CNC1C2)c1cnc[nH]1. The largest absolute Gasteiger partial charge is 0.346 e.